The van der Waals surface area contributed by atoms with Gasteiger partial charge in [0, 0.05) is 30.8 Å². The van der Waals surface area contributed by atoms with E-state index in [4.69, 9.17) is 9.47 Å². The van der Waals surface area contributed by atoms with Crippen LogP contribution in [-0.4, -0.2) is 51.6 Å². The third-order valence-corrected chi connectivity index (χ3v) is 5.93. The number of carbonyl (C=O) groups excluding carboxylic acids is 2. The Labute approximate surface area is 198 Å². The number of hydrogen-bond donors (Lipinski definition) is 0. The Morgan fingerprint density at radius 1 is 1.21 bits per heavy atom. The van der Waals surface area contributed by atoms with Gasteiger partial charge in [-0.1, -0.05) is 6.07 Å². The summed E-state index contributed by atoms with van der Waals surface area (Å²) in [7, 11) is 0. The van der Waals surface area contributed by atoms with E-state index in [-0.39, 0.29) is 24.2 Å². The first-order valence-corrected chi connectivity index (χ1v) is 11.5. The number of ether oxygens (including phenoxy) is 2. The van der Waals surface area contributed by atoms with Gasteiger partial charge in [0.05, 0.1) is 23.9 Å². The molecule has 180 valence electrons. The molecule has 3 heterocycles. The SMILES string of the molecule is CCOC(=O)c1cc(F)ccc1-c1cc([C@@H]2CCN(C(=O)OC(C)(C)C)C2)cn2c(C)ncc12. The highest BCUT2D eigenvalue weighted by atomic mass is 19.1. The summed E-state index contributed by atoms with van der Waals surface area (Å²) < 4.78 is 26.8. The van der Waals surface area contributed by atoms with Gasteiger partial charge >= 0.3 is 12.1 Å². The van der Waals surface area contributed by atoms with Crippen molar-refractivity contribution in [2.45, 2.75) is 52.6 Å². The van der Waals surface area contributed by atoms with Gasteiger partial charge in [-0.2, -0.15) is 0 Å². The van der Waals surface area contributed by atoms with Crippen molar-refractivity contribution in [3.05, 3.63) is 59.4 Å². The highest BCUT2D eigenvalue weighted by Crippen LogP contribution is 2.35. The first-order valence-electron chi connectivity index (χ1n) is 11.5. The van der Waals surface area contributed by atoms with Gasteiger partial charge in [0.2, 0.25) is 0 Å². The van der Waals surface area contributed by atoms with Crippen LogP contribution in [0.15, 0.2) is 36.7 Å². The molecule has 0 aliphatic carbocycles. The number of fused-ring (bicyclic) bond motifs is 1. The highest BCUT2D eigenvalue weighted by Gasteiger charge is 2.31. The molecule has 8 heteroatoms. The number of esters is 1. The van der Waals surface area contributed by atoms with E-state index >= 15 is 0 Å². The largest absolute Gasteiger partial charge is 0.462 e. The minimum Gasteiger partial charge on any atom is -0.462 e. The molecule has 0 unspecified atom stereocenters. The molecule has 2 aromatic heterocycles. The maximum atomic E-state index is 14.1. The van der Waals surface area contributed by atoms with Gasteiger partial charge in [-0.25, -0.2) is 19.0 Å². The van der Waals surface area contributed by atoms with Crippen LogP contribution in [0.5, 0.6) is 0 Å². The maximum absolute atomic E-state index is 14.1. The second-order valence-electron chi connectivity index (χ2n) is 9.57. The van der Waals surface area contributed by atoms with Gasteiger partial charge in [-0.05, 0) is 70.4 Å². The lowest BCUT2D eigenvalue weighted by Gasteiger charge is -2.24. The number of imidazole rings is 1. The Balaban J connectivity index is 1.76. The smallest absolute Gasteiger partial charge is 0.410 e. The summed E-state index contributed by atoms with van der Waals surface area (Å²) in [5.41, 5.74) is 2.77. The number of amides is 1. The zero-order valence-electron chi connectivity index (χ0n) is 20.2. The third-order valence-electron chi connectivity index (χ3n) is 5.93. The molecule has 3 aromatic rings. The summed E-state index contributed by atoms with van der Waals surface area (Å²) in [6.45, 7) is 10.5. The Morgan fingerprint density at radius 2 is 1.97 bits per heavy atom. The summed E-state index contributed by atoms with van der Waals surface area (Å²) in [4.78, 5) is 31.4. The lowest BCUT2D eigenvalue weighted by Crippen LogP contribution is -2.35. The third kappa shape index (κ3) is 4.76. The summed E-state index contributed by atoms with van der Waals surface area (Å²) in [6.07, 6.45) is 4.23. The fraction of sp³-hybridized carbons (Fsp3) is 0.423. The molecular formula is C26H30FN3O4. The van der Waals surface area contributed by atoms with Crippen LogP contribution in [0.2, 0.25) is 0 Å². The molecule has 1 fully saturated rings. The first-order chi connectivity index (χ1) is 16.1. The molecule has 1 aliphatic heterocycles. The van der Waals surface area contributed by atoms with Gasteiger partial charge in [0.1, 0.15) is 17.2 Å². The molecule has 34 heavy (non-hydrogen) atoms. The van der Waals surface area contributed by atoms with Crippen molar-refractivity contribution in [3.8, 4) is 11.1 Å². The molecule has 1 saturated heterocycles. The zero-order chi connectivity index (χ0) is 24.6. The van der Waals surface area contributed by atoms with E-state index in [1.807, 2.05) is 44.4 Å². The number of benzene rings is 1. The van der Waals surface area contributed by atoms with Crippen LogP contribution in [0, 0.1) is 12.7 Å². The number of hydrogen-bond acceptors (Lipinski definition) is 5. The van der Waals surface area contributed by atoms with Crippen molar-refractivity contribution >= 4 is 17.6 Å². The van der Waals surface area contributed by atoms with E-state index in [0.29, 0.717) is 18.7 Å². The molecule has 0 bridgehead atoms. The number of pyridine rings is 1. The van der Waals surface area contributed by atoms with E-state index < -0.39 is 17.4 Å². The minimum absolute atomic E-state index is 0.0870. The van der Waals surface area contributed by atoms with E-state index in [2.05, 4.69) is 4.98 Å². The first kappa shape index (κ1) is 23.7. The van der Waals surface area contributed by atoms with Crippen LogP contribution < -0.4 is 0 Å². The Hall–Kier alpha value is -3.42. The van der Waals surface area contributed by atoms with Crippen molar-refractivity contribution in [1.82, 2.24) is 14.3 Å². The van der Waals surface area contributed by atoms with Crippen molar-refractivity contribution in [1.29, 1.82) is 0 Å². The Kier molecular flexibility index (Phi) is 6.34. The number of nitrogens with zero attached hydrogens (tertiary/aromatic N) is 3. The molecule has 0 spiro atoms. The molecule has 1 aliphatic rings. The highest BCUT2D eigenvalue weighted by molar-refractivity contribution is 6.00. The van der Waals surface area contributed by atoms with Gasteiger partial charge in [-0.3, -0.25) is 0 Å². The average Bonchev–Trinajstić information content (AvgIpc) is 3.40. The summed E-state index contributed by atoms with van der Waals surface area (Å²) in [6, 6.07) is 6.16. The Morgan fingerprint density at radius 3 is 2.68 bits per heavy atom. The molecule has 0 saturated carbocycles. The zero-order valence-corrected chi connectivity index (χ0v) is 20.2. The molecule has 4 rings (SSSR count). The second-order valence-corrected chi connectivity index (χ2v) is 9.57. The summed E-state index contributed by atoms with van der Waals surface area (Å²) in [5.74, 6) is -0.204. The molecule has 7 nitrogen and oxygen atoms in total. The van der Waals surface area contributed by atoms with Gasteiger partial charge in [0.15, 0.2) is 0 Å². The number of carbonyl (C=O) groups is 2. The molecule has 1 aromatic carbocycles. The van der Waals surface area contributed by atoms with E-state index in [9.17, 15) is 14.0 Å². The maximum Gasteiger partial charge on any atom is 0.410 e. The van der Waals surface area contributed by atoms with Gasteiger partial charge in [0.25, 0.3) is 0 Å². The topological polar surface area (TPSA) is 73.1 Å². The predicted octanol–water partition coefficient (Wildman–Crippen LogP) is 5.35. The van der Waals surface area contributed by atoms with E-state index in [1.165, 1.54) is 12.1 Å². The van der Waals surface area contributed by atoms with Crippen molar-refractivity contribution < 1.29 is 23.5 Å². The number of halogens is 1. The standard InChI is InChI=1S/C26H30FN3O4/c1-6-33-24(31)22-12-19(27)7-8-20(22)21-11-18(15-30-16(2)28-13-23(21)30)17-9-10-29(14-17)25(32)34-26(3,4)5/h7-8,11-13,15,17H,6,9-10,14H2,1-5H3/t17-/m1/s1. The number of aromatic nitrogens is 2. The fourth-order valence-electron chi connectivity index (χ4n) is 4.34. The normalized spacial score (nSPS) is 16.2. The van der Waals surface area contributed by atoms with Crippen molar-refractivity contribution in [2.75, 3.05) is 19.7 Å². The quantitative estimate of drug-likeness (QED) is 0.484. The Bertz CT molecular complexity index is 1240. The lowest BCUT2D eigenvalue weighted by atomic mass is 9.93. The molecule has 1 amide bonds. The number of rotatable bonds is 4. The van der Waals surface area contributed by atoms with Crippen LogP contribution in [-0.2, 0) is 9.47 Å². The van der Waals surface area contributed by atoms with Crippen molar-refractivity contribution in [3.63, 3.8) is 0 Å². The second kappa shape index (κ2) is 9.08. The number of aryl methyl sites for hydroxylation is 1. The van der Waals surface area contributed by atoms with Crippen LogP contribution >= 0.6 is 0 Å². The molecular weight excluding hydrogens is 437 g/mol. The van der Waals surface area contributed by atoms with E-state index in [1.54, 1.807) is 24.1 Å². The lowest BCUT2D eigenvalue weighted by molar-refractivity contribution is 0.0292. The number of likely N-dealkylation sites (tertiary alicyclic amines) is 1. The van der Waals surface area contributed by atoms with E-state index in [0.717, 1.165) is 28.9 Å². The molecule has 1 atom stereocenters. The monoisotopic (exact) mass is 467 g/mol. The van der Waals surface area contributed by atoms with Gasteiger partial charge < -0.3 is 18.8 Å². The fourth-order valence-corrected chi connectivity index (χ4v) is 4.34. The predicted molar refractivity (Wildman–Crippen MR) is 126 cm³/mol. The summed E-state index contributed by atoms with van der Waals surface area (Å²) in [5, 5.41) is 0. The van der Waals surface area contributed by atoms with Crippen LogP contribution in [0.1, 0.15) is 61.8 Å². The van der Waals surface area contributed by atoms with Crippen LogP contribution in [0.3, 0.4) is 0 Å². The summed E-state index contributed by atoms with van der Waals surface area (Å²) >= 11 is 0. The molecule has 0 N–H and O–H groups in total. The van der Waals surface area contributed by atoms with Crippen LogP contribution in [0.25, 0.3) is 16.6 Å². The van der Waals surface area contributed by atoms with Crippen molar-refractivity contribution in [2.24, 2.45) is 0 Å². The minimum atomic E-state index is -0.575. The molecule has 0 radical (unpaired) electrons. The van der Waals surface area contributed by atoms with Gasteiger partial charge in [-0.15, -0.1) is 0 Å². The average molecular weight is 468 g/mol. The van der Waals surface area contributed by atoms with Crippen LogP contribution in [0.4, 0.5) is 9.18 Å².